The summed E-state index contributed by atoms with van der Waals surface area (Å²) in [5.41, 5.74) is 2.77. The van der Waals surface area contributed by atoms with Gasteiger partial charge in [-0.25, -0.2) is 0 Å². The molecule has 0 aliphatic heterocycles. The molecule has 4 rings (SSSR count). The van der Waals surface area contributed by atoms with E-state index in [2.05, 4.69) is 28.5 Å². The summed E-state index contributed by atoms with van der Waals surface area (Å²) in [5.74, 6) is 1.14. The molecule has 1 heterocycles. The summed E-state index contributed by atoms with van der Waals surface area (Å²) in [7, 11) is 0. The zero-order chi connectivity index (χ0) is 24.6. The lowest BCUT2D eigenvalue weighted by atomic mass is 10.0. The van der Waals surface area contributed by atoms with E-state index in [1.54, 1.807) is 23.9 Å². The maximum absolute atomic E-state index is 13.3. The molecule has 0 spiro atoms. The molecule has 1 unspecified atom stereocenters. The Labute approximate surface area is 213 Å². The van der Waals surface area contributed by atoms with Gasteiger partial charge in [0.2, 0.25) is 10.7 Å². The van der Waals surface area contributed by atoms with Crippen LogP contribution in [0.2, 0.25) is 0 Å². The number of nitrogens with one attached hydrogen (secondary N) is 2. The van der Waals surface area contributed by atoms with Crippen molar-refractivity contribution in [3.05, 3.63) is 105 Å². The van der Waals surface area contributed by atoms with Crippen LogP contribution < -0.4 is 10.9 Å². The van der Waals surface area contributed by atoms with E-state index >= 15 is 0 Å². The second-order valence-corrected chi connectivity index (χ2v) is 10.7. The van der Waals surface area contributed by atoms with Gasteiger partial charge in [0.1, 0.15) is 6.04 Å². The summed E-state index contributed by atoms with van der Waals surface area (Å²) in [4.78, 5) is 42.5. The zero-order valence-corrected chi connectivity index (χ0v) is 21.2. The lowest BCUT2D eigenvalue weighted by molar-refractivity contribution is -0.112. The van der Waals surface area contributed by atoms with E-state index in [4.69, 9.17) is 0 Å². The first kappa shape index (κ1) is 25.1. The number of hydrogen-bond donors (Lipinski definition) is 2. The third kappa shape index (κ3) is 6.99. The molecule has 2 N–H and O–H groups in total. The number of allylic oxidation sites excluding steroid dienone is 3. The molecular formula is C28H28N2O3S2. The van der Waals surface area contributed by atoms with E-state index in [9.17, 15) is 14.4 Å². The number of carbonyl (C=O) groups is 2. The number of amides is 1. The second-order valence-electron chi connectivity index (χ2n) is 8.40. The largest absolute Gasteiger partial charge is 0.341 e. The van der Waals surface area contributed by atoms with Gasteiger partial charge in [0.05, 0.1) is 0 Å². The predicted molar refractivity (Wildman–Crippen MR) is 147 cm³/mol. The number of benzene rings is 2. The number of aromatic amines is 1. The number of pyridine rings is 1. The third-order valence-electron chi connectivity index (χ3n) is 5.72. The van der Waals surface area contributed by atoms with Crippen molar-refractivity contribution in [1.82, 2.24) is 10.3 Å². The van der Waals surface area contributed by atoms with Gasteiger partial charge in [-0.05, 0) is 43.5 Å². The van der Waals surface area contributed by atoms with Crippen LogP contribution in [0.1, 0.15) is 34.3 Å². The number of thioether (sulfide) groups is 2. The SMILES string of the molecule is Cc1ccc(C(=O)NC(Cc2cc(=O)[nH]c3ccccc23)C(=O)SCCSC2=CCCC=C2)cc1. The van der Waals surface area contributed by atoms with Crippen LogP contribution >= 0.6 is 23.5 Å². The minimum Gasteiger partial charge on any atom is -0.341 e. The van der Waals surface area contributed by atoms with Crippen LogP contribution in [0, 0.1) is 6.92 Å². The molecule has 1 aliphatic carbocycles. The van der Waals surface area contributed by atoms with Crippen molar-refractivity contribution in [3.8, 4) is 0 Å². The van der Waals surface area contributed by atoms with Crippen molar-refractivity contribution >= 4 is 45.4 Å². The van der Waals surface area contributed by atoms with Crippen LogP contribution in [0.4, 0.5) is 0 Å². The van der Waals surface area contributed by atoms with Gasteiger partial charge < -0.3 is 10.3 Å². The highest BCUT2D eigenvalue weighted by atomic mass is 32.2. The van der Waals surface area contributed by atoms with E-state index in [-0.39, 0.29) is 23.0 Å². The Bertz CT molecular complexity index is 1330. The molecular weight excluding hydrogens is 476 g/mol. The van der Waals surface area contributed by atoms with Crippen LogP contribution in [0.25, 0.3) is 10.9 Å². The fourth-order valence-electron chi connectivity index (χ4n) is 3.90. The molecule has 3 aromatic rings. The number of rotatable bonds is 9. The quantitative estimate of drug-likeness (QED) is 0.381. The minimum atomic E-state index is -0.752. The van der Waals surface area contributed by atoms with Crippen LogP contribution in [-0.2, 0) is 11.2 Å². The Morgan fingerprint density at radius 1 is 1.06 bits per heavy atom. The highest BCUT2D eigenvalue weighted by Crippen LogP contribution is 2.24. The van der Waals surface area contributed by atoms with Gasteiger partial charge in [-0.15, -0.1) is 11.8 Å². The number of carbonyl (C=O) groups excluding carboxylic acids is 2. The average Bonchev–Trinajstić information content (AvgIpc) is 2.87. The van der Waals surface area contributed by atoms with Gasteiger partial charge in [-0.3, -0.25) is 14.4 Å². The summed E-state index contributed by atoms with van der Waals surface area (Å²) >= 11 is 2.97. The van der Waals surface area contributed by atoms with Gasteiger partial charge in [0.25, 0.3) is 5.91 Å². The van der Waals surface area contributed by atoms with Crippen molar-refractivity contribution in [2.75, 3.05) is 11.5 Å². The Kier molecular flexibility index (Phi) is 8.66. The Morgan fingerprint density at radius 3 is 2.63 bits per heavy atom. The van der Waals surface area contributed by atoms with E-state index < -0.39 is 6.04 Å². The predicted octanol–water partition coefficient (Wildman–Crippen LogP) is 5.40. The standard InChI is InChI=1S/C28H28N2O3S2/c1-19-11-13-20(14-12-19)27(32)30-25(28(33)35-16-15-34-22-7-3-2-4-8-22)17-21-18-26(31)29-24-10-6-5-9-23(21)24/h3,5-14,18,25H,2,4,15-17H2,1H3,(H,29,31)(H,30,32). The first-order chi connectivity index (χ1) is 17.0. The Morgan fingerprint density at radius 2 is 1.86 bits per heavy atom. The fraction of sp³-hybridized carbons (Fsp3) is 0.250. The fourth-order valence-corrected chi connectivity index (χ4v) is 5.78. The molecule has 0 saturated carbocycles. The second kappa shape index (κ2) is 12.1. The highest BCUT2D eigenvalue weighted by Gasteiger charge is 2.23. The smallest absolute Gasteiger partial charge is 0.251 e. The Balaban J connectivity index is 1.50. The summed E-state index contributed by atoms with van der Waals surface area (Å²) < 4.78 is 0. The van der Waals surface area contributed by atoms with E-state index in [0.717, 1.165) is 35.1 Å². The van der Waals surface area contributed by atoms with Crippen molar-refractivity contribution in [3.63, 3.8) is 0 Å². The third-order valence-corrected chi connectivity index (χ3v) is 8.00. The molecule has 0 saturated heterocycles. The van der Waals surface area contributed by atoms with Crippen LogP contribution in [0.5, 0.6) is 0 Å². The molecule has 7 heteroatoms. The van der Waals surface area contributed by atoms with Crippen LogP contribution in [-0.4, -0.2) is 33.6 Å². The number of para-hydroxylation sites is 1. The zero-order valence-electron chi connectivity index (χ0n) is 19.6. The molecule has 0 radical (unpaired) electrons. The maximum atomic E-state index is 13.3. The van der Waals surface area contributed by atoms with Gasteiger partial charge in [-0.2, -0.15) is 0 Å². The van der Waals surface area contributed by atoms with Gasteiger partial charge in [0.15, 0.2) is 0 Å². The number of aromatic nitrogens is 1. The molecule has 180 valence electrons. The van der Waals surface area contributed by atoms with E-state index in [0.29, 0.717) is 16.8 Å². The number of aryl methyl sites for hydroxylation is 1. The minimum absolute atomic E-state index is 0.108. The molecule has 1 atom stereocenters. The molecule has 1 aromatic heterocycles. The van der Waals surface area contributed by atoms with Crippen molar-refractivity contribution in [2.45, 2.75) is 32.2 Å². The lowest BCUT2D eigenvalue weighted by Gasteiger charge is -2.18. The van der Waals surface area contributed by atoms with Crippen molar-refractivity contribution in [1.29, 1.82) is 0 Å². The summed E-state index contributed by atoms with van der Waals surface area (Å²) in [6.07, 6.45) is 8.90. The van der Waals surface area contributed by atoms with E-state index in [1.165, 1.54) is 22.7 Å². The molecule has 35 heavy (non-hydrogen) atoms. The van der Waals surface area contributed by atoms with Crippen molar-refractivity contribution < 1.29 is 9.59 Å². The lowest BCUT2D eigenvalue weighted by Crippen LogP contribution is -2.41. The number of H-pyrrole nitrogens is 1. The van der Waals surface area contributed by atoms with Crippen molar-refractivity contribution in [2.24, 2.45) is 0 Å². The molecule has 5 nitrogen and oxygen atoms in total. The Hall–Kier alpha value is -3.03. The summed E-state index contributed by atoms with van der Waals surface area (Å²) in [6, 6.07) is 15.5. The first-order valence-electron chi connectivity index (χ1n) is 11.6. The number of fused-ring (bicyclic) bond motifs is 1. The highest BCUT2D eigenvalue weighted by molar-refractivity contribution is 8.14. The monoisotopic (exact) mass is 504 g/mol. The molecule has 1 aliphatic rings. The maximum Gasteiger partial charge on any atom is 0.251 e. The molecule has 0 bridgehead atoms. The molecule has 2 aromatic carbocycles. The van der Waals surface area contributed by atoms with E-state index in [1.807, 2.05) is 43.3 Å². The summed E-state index contributed by atoms with van der Waals surface area (Å²) in [6.45, 7) is 1.96. The first-order valence-corrected chi connectivity index (χ1v) is 13.6. The average molecular weight is 505 g/mol. The number of hydrogen-bond acceptors (Lipinski definition) is 5. The van der Waals surface area contributed by atoms with Gasteiger partial charge in [0, 0.05) is 45.4 Å². The summed E-state index contributed by atoms with van der Waals surface area (Å²) in [5, 5.41) is 3.68. The van der Waals surface area contributed by atoms with Crippen LogP contribution in [0.3, 0.4) is 0 Å². The molecule has 0 fully saturated rings. The van der Waals surface area contributed by atoms with Crippen LogP contribution in [0.15, 0.2) is 82.5 Å². The molecule has 1 amide bonds. The normalized spacial score (nSPS) is 13.9. The van der Waals surface area contributed by atoms with Gasteiger partial charge in [-0.1, -0.05) is 65.9 Å². The van der Waals surface area contributed by atoms with Gasteiger partial charge >= 0.3 is 0 Å². The topological polar surface area (TPSA) is 79.0 Å².